The number of hydrogen-bond donors (Lipinski definition) is 3. The lowest BCUT2D eigenvalue weighted by molar-refractivity contribution is 0.581. The summed E-state index contributed by atoms with van der Waals surface area (Å²) in [4.78, 5) is 4.00. The van der Waals surface area contributed by atoms with Crippen LogP contribution in [0.1, 0.15) is 11.4 Å². The van der Waals surface area contributed by atoms with Crippen molar-refractivity contribution < 1.29 is 8.42 Å². The minimum atomic E-state index is -3.63. The molecule has 0 saturated heterocycles. The van der Waals surface area contributed by atoms with Gasteiger partial charge in [0.2, 0.25) is 10.0 Å². The maximum Gasteiger partial charge on any atom is 0.240 e. The second kappa shape index (κ2) is 5.78. The van der Waals surface area contributed by atoms with E-state index in [1.165, 1.54) is 18.5 Å². The minimum Gasteiger partial charge on any atom is -0.397 e. The molecule has 7 nitrogen and oxygen atoms in total. The molecule has 0 bridgehead atoms. The fraction of sp³-hybridized carbons (Fsp3) is 0.273. The Morgan fingerprint density at radius 1 is 1.45 bits per heavy atom. The number of aryl methyl sites for hydroxylation is 1. The first-order valence-corrected chi connectivity index (χ1v) is 7.66. The van der Waals surface area contributed by atoms with Crippen LogP contribution in [-0.4, -0.2) is 30.1 Å². The van der Waals surface area contributed by atoms with E-state index < -0.39 is 10.0 Å². The van der Waals surface area contributed by atoms with Crippen LogP contribution in [0.15, 0.2) is 23.4 Å². The lowest BCUT2D eigenvalue weighted by atomic mass is 10.2. The average molecular weight is 316 g/mol. The van der Waals surface area contributed by atoms with Gasteiger partial charge in [-0.15, -0.1) is 0 Å². The molecule has 108 valence electrons. The third kappa shape index (κ3) is 3.27. The first-order valence-electron chi connectivity index (χ1n) is 5.79. The Balaban J connectivity index is 2.10. The van der Waals surface area contributed by atoms with E-state index in [1.807, 2.05) is 0 Å². The zero-order valence-corrected chi connectivity index (χ0v) is 12.3. The molecule has 0 spiro atoms. The van der Waals surface area contributed by atoms with E-state index in [-0.39, 0.29) is 17.1 Å². The lowest BCUT2D eigenvalue weighted by Gasteiger charge is -2.09. The summed E-state index contributed by atoms with van der Waals surface area (Å²) in [6.07, 6.45) is 1.79. The number of nitrogens with zero attached hydrogens (tertiary/aromatic N) is 2. The number of aromatic amines is 1. The van der Waals surface area contributed by atoms with E-state index in [1.54, 1.807) is 6.92 Å². The number of H-pyrrole nitrogens is 1. The van der Waals surface area contributed by atoms with E-state index in [2.05, 4.69) is 19.9 Å². The van der Waals surface area contributed by atoms with Crippen LogP contribution in [0.25, 0.3) is 0 Å². The van der Waals surface area contributed by atoms with Crippen molar-refractivity contribution in [2.45, 2.75) is 18.2 Å². The molecule has 1 aromatic heterocycles. The molecule has 20 heavy (non-hydrogen) atoms. The minimum absolute atomic E-state index is 0.0921. The van der Waals surface area contributed by atoms with Gasteiger partial charge in [-0.3, -0.25) is 5.10 Å². The van der Waals surface area contributed by atoms with Gasteiger partial charge in [0.1, 0.15) is 12.2 Å². The van der Waals surface area contributed by atoms with Gasteiger partial charge in [0.15, 0.2) is 0 Å². The summed E-state index contributed by atoms with van der Waals surface area (Å²) < 4.78 is 26.7. The summed E-state index contributed by atoms with van der Waals surface area (Å²) in [7, 11) is -3.63. The molecule has 0 unspecified atom stereocenters. The lowest BCUT2D eigenvalue weighted by Crippen LogP contribution is -2.26. The summed E-state index contributed by atoms with van der Waals surface area (Å²) >= 11 is 5.91. The number of nitrogens with two attached hydrogens (primary N) is 1. The van der Waals surface area contributed by atoms with E-state index >= 15 is 0 Å². The Labute approximate surface area is 121 Å². The summed E-state index contributed by atoms with van der Waals surface area (Å²) in [6, 6.07) is 2.82. The van der Waals surface area contributed by atoms with Crippen LogP contribution in [0.3, 0.4) is 0 Å². The van der Waals surface area contributed by atoms with Crippen molar-refractivity contribution in [2.75, 3.05) is 12.3 Å². The number of nitrogens with one attached hydrogen (secondary N) is 2. The summed E-state index contributed by atoms with van der Waals surface area (Å²) in [6.45, 7) is 1.91. The third-order valence-corrected chi connectivity index (χ3v) is 4.64. The maximum absolute atomic E-state index is 12.1. The second-order valence-corrected chi connectivity index (χ2v) is 6.37. The van der Waals surface area contributed by atoms with E-state index in [0.29, 0.717) is 22.8 Å². The van der Waals surface area contributed by atoms with Crippen LogP contribution < -0.4 is 10.5 Å². The van der Waals surface area contributed by atoms with Crippen LogP contribution in [-0.2, 0) is 16.4 Å². The van der Waals surface area contributed by atoms with Crippen molar-refractivity contribution in [3.05, 3.63) is 34.9 Å². The monoisotopic (exact) mass is 315 g/mol. The van der Waals surface area contributed by atoms with Gasteiger partial charge in [0.25, 0.3) is 0 Å². The molecule has 0 aliphatic heterocycles. The topological polar surface area (TPSA) is 114 Å². The first-order chi connectivity index (χ1) is 9.40. The quantitative estimate of drug-likeness (QED) is 0.708. The molecule has 0 atom stereocenters. The Hall–Kier alpha value is -1.64. The van der Waals surface area contributed by atoms with Gasteiger partial charge in [-0.2, -0.15) is 5.10 Å². The number of benzene rings is 1. The number of aromatic nitrogens is 3. The molecule has 2 aromatic rings. The Morgan fingerprint density at radius 3 is 2.80 bits per heavy atom. The predicted octanol–water partition coefficient (Wildman–Crippen LogP) is 0.870. The summed E-state index contributed by atoms with van der Waals surface area (Å²) in [5, 5.41) is 6.71. The molecular weight excluding hydrogens is 302 g/mol. The van der Waals surface area contributed by atoms with Crippen molar-refractivity contribution in [1.29, 1.82) is 0 Å². The Bertz CT molecular complexity index is 677. The Morgan fingerprint density at radius 2 is 2.20 bits per heavy atom. The smallest absolute Gasteiger partial charge is 0.240 e. The largest absolute Gasteiger partial charge is 0.397 e. The fourth-order valence-electron chi connectivity index (χ4n) is 1.66. The molecule has 1 aromatic carbocycles. The molecule has 0 radical (unpaired) electrons. The molecule has 0 amide bonds. The predicted molar refractivity (Wildman–Crippen MR) is 75.9 cm³/mol. The van der Waals surface area contributed by atoms with Gasteiger partial charge in [-0.25, -0.2) is 18.1 Å². The van der Waals surface area contributed by atoms with Crippen LogP contribution in [0.5, 0.6) is 0 Å². The average Bonchev–Trinajstić information content (AvgIpc) is 2.88. The fourth-order valence-corrected chi connectivity index (χ4v) is 2.92. The zero-order chi connectivity index (χ0) is 14.8. The molecule has 0 aliphatic carbocycles. The van der Waals surface area contributed by atoms with Crippen molar-refractivity contribution >= 4 is 27.3 Å². The highest BCUT2D eigenvalue weighted by atomic mass is 35.5. The van der Waals surface area contributed by atoms with Gasteiger partial charge in [0.05, 0.1) is 15.6 Å². The van der Waals surface area contributed by atoms with Crippen molar-refractivity contribution in [3.63, 3.8) is 0 Å². The summed E-state index contributed by atoms with van der Waals surface area (Å²) in [5.74, 6) is 0.611. The van der Waals surface area contributed by atoms with Crippen LogP contribution in [0.2, 0.25) is 5.02 Å². The zero-order valence-electron chi connectivity index (χ0n) is 10.7. The number of halogens is 1. The van der Waals surface area contributed by atoms with Gasteiger partial charge in [-0.05, 0) is 24.6 Å². The third-order valence-electron chi connectivity index (χ3n) is 2.69. The second-order valence-electron chi connectivity index (χ2n) is 4.22. The van der Waals surface area contributed by atoms with Crippen LogP contribution in [0.4, 0.5) is 5.69 Å². The standard InChI is InChI=1S/C11H14ClN5O2S/c1-7-4-8(5-9(13)11(7)12)20(18,19)16-3-2-10-14-6-15-17-10/h4-6,16H,2-3,13H2,1H3,(H,14,15,17). The molecule has 4 N–H and O–H groups in total. The maximum atomic E-state index is 12.1. The van der Waals surface area contributed by atoms with E-state index in [4.69, 9.17) is 17.3 Å². The van der Waals surface area contributed by atoms with Gasteiger partial charge >= 0.3 is 0 Å². The first kappa shape index (κ1) is 14.8. The molecule has 0 fully saturated rings. The van der Waals surface area contributed by atoms with Crippen molar-refractivity contribution in [3.8, 4) is 0 Å². The normalized spacial score (nSPS) is 11.7. The molecule has 0 aliphatic rings. The molecule has 9 heteroatoms. The van der Waals surface area contributed by atoms with E-state index in [0.717, 1.165) is 0 Å². The van der Waals surface area contributed by atoms with Gasteiger partial charge in [-0.1, -0.05) is 11.6 Å². The number of rotatable bonds is 5. The highest BCUT2D eigenvalue weighted by Crippen LogP contribution is 2.26. The Kier molecular flexibility index (Phi) is 4.26. The molecular formula is C11H14ClN5O2S. The number of anilines is 1. The number of nitrogen functional groups attached to an aromatic ring is 1. The molecule has 0 saturated carbocycles. The van der Waals surface area contributed by atoms with E-state index in [9.17, 15) is 8.42 Å². The highest BCUT2D eigenvalue weighted by Gasteiger charge is 2.16. The van der Waals surface area contributed by atoms with Gasteiger partial charge < -0.3 is 5.73 Å². The molecule has 1 heterocycles. The SMILES string of the molecule is Cc1cc(S(=O)(=O)NCCc2ncn[nH]2)cc(N)c1Cl. The molecule has 2 rings (SSSR count). The summed E-state index contributed by atoms with van der Waals surface area (Å²) in [5.41, 5.74) is 6.53. The van der Waals surface area contributed by atoms with Crippen molar-refractivity contribution in [1.82, 2.24) is 19.9 Å². The number of sulfonamides is 1. The van der Waals surface area contributed by atoms with Crippen LogP contribution >= 0.6 is 11.6 Å². The van der Waals surface area contributed by atoms with Gasteiger partial charge in [0, 0.05) is 13.0 Å². The van der Waals surface area contributed by atoms with Crippen molar-refractivity contribution in [2.24, 2.45) is 0 Å². The number of hydrogen-bond acceptors (Lipinski definition) is 5. The highest BCUT2D eigenvalue weighted by molar-refractivity contribution is 7.89. The van der Waals surface area contributed by atoms with Crippen LogP contribution in [0, 0.1) is 6.92 Å².